The van der Waals surface area contributed by atoms with Crippen molar-refractivity contribution in [2.45, 2.75) is 0 Å². The van der Waals surface area contributed by atoms with Gasteiger partial charge in [-0.25, -0.2) is 4.98 Å². The van der Waals surface area contributed by atoms with Gasteiger partial charge < -0.3 is 9.72 Å². The van der Waals surface area contributed by atoms with Crippen LogP contribution in [0.1, 0.15) is 0 Å². The molecule has 5 nitrogen and oxygen atoms in total. The molecule has 0 saturated heterocycles. The number of ether oxygens (including phenoxy) is 1. The average Bonchev–Trinajstić information content (AvgIpc) is 2.89. The average molecular weight is 250 g/mol. The third-order valence-electron chi connectivity index (χ3n) is 2.72. The number of pyridine rings is 1. The molecule has 92 valence electrons. The van der Waals surface area contributed by atoms with E-state index in [1.54, 1.807) is 12.4 Å². The molecular formula is C14H10N4O. The molecule has 0 spiro atoms. The van der Waals surface area contributed by atoms with Gasteiger partial charge in [0.1, 0.15) is 23.2 Å². The molecule has 0 saturated carbocycles. The Morgan fingerprint density at radius 3 is 3.00 bits per heavy atom. The summed E-state index contributed by atoms with van der Waals surface area (Å²) in [5.74, 6) is 1.34. The molecule has 0 unspecified atom stereocenters. The Kier molecular flexibility index (Phi) is 2.83. The van der Waals surface area contributed by atoms with Gasteiger partial charge in [0.15, 0.2) is 6.61 Å². The van der Waals surface area contributed by atoms with Crippen LogP contribution in [0.15, 0.2) is 42.7 Å². The van der Waals surface area contributed by atoms with E-state index in [1.165, 1.54) is 0 Å². The fourth-order valence-electron chi connectivity index (χ4n) is 1.88. The highest BCUT2D eigenvalue weighted by Gasteiger charge is 2.10. The van der Waals surface area contributed by atoms with E-state index in [9.17, 15) is 0 Å². The van der Waals surface area contributed by atoms with Crippen LogP contribution in [0.25, 0.3) is 22.4 Å². The monoisotopic (exact) mass is 250 g/mol. The number of H-pyrrole nitrogens is 1. The number of benzene rings is 1. The fourth-order valence-corrected chi connectivity index (χ4v) is 1.88. The van der Waals surface area contributed by atoms with Crippen molar-refractivity contribution in [3.63, 3.8) is 0 Å². The highest BCUT2D eigenvalue weighted by molar-refractivity contribution is 5.79. The molecule has 0 aliphatic carbocycles. The molecule has 0 bridgehead atoms. The van der Waals surface area contributed by atoms with Gasteiger partial charge in [-0.05, 0) is 18.2 Å². The van der Waals surface area contributed by atoms with Crippen LogP contribution in [-0.4, -0.2) is 21.6 Å². The molecule has 0 aliphatic rings. The number of imidazole rings is 1. The number of nitriles is 1. The maximum Gasteiger partial charge on any atom is 0.174 e. The molecule has 0 atom stereocenters. The van der Waals surface area contributed by atoms with E-state index >= 15 is 0 Å². The van der Waals surface area contributed by atoms with Crippen molar-refractivity contribution in [3.05, 3.63) is 42.7 Å². The molecule has 1 aromatic carbocycles. The summed E-state index contributed by atoms with van der Waals surface area (Å²) >= 11 is 0. The lowest BCUT2D eigenvalue weighted by molar-refractivity contribution is 0.369. The predicted molar refractivity (Wildman–Crippen MR) is 70.4 cm³/mol. The number of hydrogen-bond acceptors (Lipinski definition) is 4. The largest absolute Gasteiger partial charge is 0.478 e. The summed E-state index contributed by atoms with van der Waals surface area (Å²) in [6.45, 7) is 0.0127. The van der Waals surface area contributed by atoms with Crippen LogP contribution in [0.2, 0.25) is 0 Å². The lowest BCUT2D eigenvalue weighted by Gasteiger charge is -2.06. The molecule has 2 heterocycles. The summed E-state index contributed by atoms with van der Waals surface area (Å²) in [5.41, 5.74) is 2.54. The minimum Gasteiger partial charge on any atom is -0.478 e. The van der Waals surface area contributed by atoms with Crippen molar-refractivity contribution < 1.29 is 4.74 Å². The van der Waals surface area contributed by atoms with Crippen molar-refractivity contribution in [2.24, 2.45) is 0 Å². The summed E-state index contributed by atoms with van der Waals surface area (Å²) in [4.78, 5) is 11.7. The number of aromatic amines is 1. The first-order chi connectivity index (χ1) is 9.38. The van der Waals surface area contributed by atoms with E-state index in [4.69, 9.17) is 10.00 Å². The first-order valence-electron chi connectivity index (χ1n) is 5.77. The first-order valence-corrected chi connectivity index (χ1v) is 5.77. The van der Waals surface area contributed by atoms with Crippen molar-refractivity contribution in [1.82, 2.24) is 15.0 Å². The number of aromatic nitrogens is 3. The van der Waals surface area contributed by atoms with E-state index in [0.29, 0.717) is 11.6 Å². The molecule has 1 N–H and O–H groups in total. The van der Waals surface area contributed by atoms with Gasteiger partial charge in [-0.3, -0.25) is 4.98 Å². The van der Waals surface area contributed by atoms with Crippen LogP contribution in [0, 0.1) is 11.3 Å². The molecule has 3 rings (SSSR count). The van der Waals surface area contributed by atoms with Crippen LogP contribution in [-0.2, 0) is 0 Å². The number of nitrogens with one attached hydrogen (secondary N) is 1. The van der Waals surface area contributed by atoms with Gasteiger partial charge in [0.05, 0.1) is 17.3 Å². The second kappa shape index (κ2) is 4.78. The molecule has 2 aromatic heterocycles. The van der Waals surface area contributed by atoms with Crippen LogP contribution in [0.4, 0.5) is 0 Å². The minimum absolute atomic E-state index is 0.0127. The predicted octanol–water partition coefficient (Wildman–Crippen LogP) is 2.53. The zero-order valence-corrected chi connectivity index (χ0v) is 10.00. The number of rotatable bonds is 3. The quantitative estimate of drug-likeness (QED) is 0.775. The first kappa shape index (κ1) is 11.2. The molecule has 0 radical (unpaired) electrons. The summed E-state index contributed by atoms with van der Waals surface area (Å²) < 4.78 is 5.40. The summed E-state index contributed by atoms with van der Waals surface area (Å²) in [7, 11) is 0. The molecule has 3 aromatic rings. The molecule has 19 heavy (non-hydrogen) atoms. The topological polar surface area (TPSA) is 74.6 Å². The van der Waals surface area contributed by atoms with Gasteiger partial charge in [0, 0.05) is 6.20 Å². The molecule has 0 amide bonds. The van der Waals surface area contributed by atoms with Crippen LogP contribution in [0.5, 0.6) is 5.75 Å². The third-order valence-corrected chi connectivity index (χ3v) is 2.72. The Morgan fingerprint density at radius 2 is 2.16 bits per heavy atom. The molecule has 0 aliphatic heterocycles. The minimum atomic E-state index is 0.0127. The Balaban J connectivity index is 2.08. The van der Waals surface area contributed by atoms with Crippen molar-refractivity contribution in [2.75, 3.05) is 6.61 Å². The second-order valence-corrected chi connectivity index (χ2v) is 3.92. The standard InChI is InChI=1S/C14H10N4O/c15-6-8-19-13-4-2-1-3-10(13)14-17-11-5-7-16-9-12(11)18-14/h1-5,7,9H,8H2,(H,17,18). The van der Waals surface area contributed by atoms with Crippen molar-refractivity contribution in [1.29, 1.82) is 5.26 Å². The fraction of sp³-hybridized carbons (Fsp3) is 0.0714. The van der Waals surface area contributed by atoms with Crippen LogP contribution >= 0.6 is 0 Å². The summed E-state index contributed by atoms with van der Waals surface area (Å²) in [6.07, 6.45) is 3.41. The zero-order chi connectivity index (χ0) is 13.1. The van der Waals surface area contributed by atoms with Gasteiger partial charge in [0.25, 0.3) is 0 Å². The van der Waals surface area contributed by atoms with E-state index in [1.807, 2.05) is 36.4 Å². The van der Waals surface area contributed by atoms with Crippen LogP contribution in [0.3, 0.4) is 0 Å². The normalized spacial score (nSPS) is 10.3. The van der Waals surface area contributed by atoms with Gasteiger partial charge >= 0.3 is 0 Å². The molecule has 0 fully saturated rings. The Labute approximate surface area is 109 Å². The van der Waals surface area contributed by atoms with Gasteiger partial charge in [-0.15, -0.1) is 0 Å². The Hall–Kier alpha value is -2.87. The summed E-state index contributed by atoms with van der Waals surface area (Å²) in [5, 5.41) is 8.60. The SMILES string of the molecule is N#CCOc1ccccc1-c1nc2cnccc2[nH]1. The Morgan fingerprint density at radius 1 is 1.26 bits per heavy atom. The highest BCUT2D eigenvalue weighted by atomic mass is 16.5. The number of fused-ring (bicyclic) bond motifs is 1. The Bertz CT molecular complexity index is 724. The number of hydrogen-bond donors (Lipinski definition) is 1. The van der Waals surface area contributed by atoms with Gasteiger partial charge in [0.2, 0.25) is 0 Å². The number of nitrogens with zero attached hydrogens (tertiary/aromatic N) is 3. The van der Waals surface area contributed by atoms with Gasteiger partial charge in [-0.2, -0.15) is 5.26 Å². The van der Waals surface area contributed by atoms with Gasteiger partial charge in [-0.1, -0.05) is 12.1 Å². The molecule has 5 heteroatoms. The third kappa shape index (κ3) is 2.11. The van der Waals surface area contributed by atoms with E-state index in [0.717, 1.165) is 16.6 Å². The van der Waals surface area contributed by atoms with E-state index in [2.05, 4.69) is 15.0 Å². The van der Waals surface area contributed by atoms with Crippen molar-refractivity contribution in [3.8, 4) is 23.2 Å². The maximum absolute atomic E-state index is 8.60. The van der Waals surface area contributed by atoms with Crippen molar-refractivity contribution >= 4 is 11.0 Å². The zero-order valence-electron chi connectivity index (χ0n) is 10.00. The lowest BCUT2D eigenvalue weighted by Crippen LogP contribution is -1.95. The second-order valence-electron chi connectivity index (χ2n) is 3.92. The number of para-hydroxylation sites is 1. The van der Waals surface area contributed by atoms with Crippen LogP contribution < -0.4 is 4.74 Å². The molecular weight excluding hydrogens is 240 g/mol. The maximum atomic E-state index is 8.60. The summed E-state index contributed by atoms with van der Waals surface area (Å²) in [6, 6.07) is 11.3. The smallest absolute Gasteiger partial charge is 0.174 e. The van der Waals surface area contributed by atoms with E-state index < -0.39 is 0 Å². The lowest BCUT2D eigenvalue weighted by atomic mass is 10.2. The highest BCUT2D eigenvalue weighted by Crippen LogP contribution is 2.28. The van der Waals surface area contributed by atoms with E-state index in [-0.39, 0.29) is 6.61 Å².